The Hall–Kier alpha value is -1.56. The van der Waals surface area contributed by atoms with Gasteiger partial charge in [-0.15, -0.1) is 0 Å². The fourth-order valence-electron chi connectivity index (χ4n) is 9.21. The van der Waals surface area contributed by atoms with Crippen molar-refractivity contribution in [3.05, 3.63) is 29.3 Å². The van der Waals surface area contributed by atoms with Crippen LogP contribution in [-0.2, 0) is 15.9 Å². The highest BCUT2D eigenvalue weighted by molar-refractivity contribution is 5.42. The molecule has 0 radical (unpaired) electrons. The van der Waals surface area contributed by atoms with Crippen LogP contribution < -0.4 is 4.74 Å². The molecule has 0 aromatic heterocycles. The van der Waals surface area contributed by atoms with E-state index < -0.39 is 30.8 Å². The van der Waals surface area contributed by atoms with Gasteiger partial charge in [-0.2, -0.15) is 22.0 Å². The van der Waals surface area contributed by atoms with E-state index in [-0.39, 0.29) is 36.6 Å². The molecule has 3 aliphatic carbocycles. The molecule has 274 valence electrons. The predicted molar refractivity (Wildman–Crippen MR) is 172 cm³/mol. The molecule has 1 saturated heterocycles. The fraction of sp³-hybridized carbons (Fsp3) is 0.838. The van der Waals surface area contributed by atoms with Gasteiger partial charge in [-0.3, -0.25) is 0 Å². The Bertz CT molecular complexity index is 1160. The molecule has 1 aliphatic heterocycles. The van der Waals surface area contributed by atoms with Crippen LogP contribution >= 0.6 is 0 Å². The lowest BCUT2D eigenvalue weighted by Gasteiger charge is -2.54. The summed E-state index contributed by atoms with van der Waals surface area (Å²) in [4.78, 5) is 2.19. The molecule has 11 heteroatoms. The smallest absolute Gasteiger partial charge is 0.453 e. The molecule has 1 aromatic rings. The summed E-state index contributed by atoms with van der Waals surface area (Å²) in [5.41, 5.74) is 1.93. The highest BCUT2D eigenvalue weighted by atomic mass is 19.4. The normalized spacial score (nSPS) is 32.2. The maximum absolute atomic E-state index is 16.3. The van der Waals surface area contributed by atoms with Gasteiger partial charge in [0, 0.05) is 38.5 Å². The first-order valence-electron chi connectivity index (χ1n) is 18.2. The average molecular weight is 692 g/mol. The van der Waals surface area contributed by atoms with Crippen LogP contribution in [0.15, 0.2) is 18.2 Å². The van der Waals surface area contributed by atoms with E-state index in [1.807, 2.05) is 13.1 Å². The van der Waals surface area contributed by atoms with Crippen LogP contribution in [0.5, 0.6) is 5.75 Å². The first kappa shape index (κ1) is 37.7. The number of unbranched alkanes of at least 4 members (excludes halogenated alkanes) is 2. The number of fused-ring (bicyclic) bond motifs is 5. The summed E-state index contributed by atoms with van der Waals surface area (Å²) in [5, 5.41) is 11.0. The first-order chi connectivity index (χ1) is 22.8. The average Bonchev–Trinajstić information content (AvgIpc) is 3.32. The molecule has 5 rings (SSSR count). The molecule has 3 fully saturated rings. The maximum atomic E-state index is 16.3. The number of hydrogen-bond acceptors (Lipinski definition) is 5. The minimum atomic E-state index is -5.52. The number of rotatable bonds is 16. The van der Waals surface area contributed by atoms with Crippen LogP contribution in [0, 0.1) is 23.2 Å². The number of ether oxygens (including phenoxy) is 3. The van der Waals surface area contributed by atoms with E-state index in [1.54, 1.807) is 0 Å². The Balaban J connectivity index is 1.10. The SMILES string of the molecule is CN(CCCCCC1Cc2cc(OC3CCCCO3)ccc2[C@H]2C(F)C[C@]3(C)C(O)CC[C@H]3[C@H]12)CCCOCCCC(F)(F)C(F)(F)F. The van der Waals surface area contributed by atoms with Gasteiger partial charge in [0.15, 0.2) is 6.29 Å². The van der Waals surface area contributed by atoms with Crippen molar-refractivity contribution in [3.8, 4) is 5.75 Å². The van der Waals surface area contributed by atoms with E-state index in [0.29, 0.717) is 37.9 Å². The zero-order valence-corrected chi connectivity index (χ0v) is 28.6. The molecule has 1 N–H and O–H groups in total. The Morgan fingerprint density at radius 3 is 2.50 bits per heavy atom. The topological polar surface area (TPSA) is 51.2 Å². The maximum Gasteiger partial charge on any atom is 0.453 e. The van der Waals surface area contributed by atoms with Crippen LogP contribution in [0.3, 0.4) is 0 Å². The first-order valence-corrected chi connectivity index (χ1v) is 18.2. The lowest BCUT2D eigenvalue weighted by atomic mass is 9.51. The fourth-order valence-corrected chi connectivity index (χ4v) is 9.21. The van der Waals surface area contributed by atoms with Gasteiger partial charge in [-0.1, -0.05) is 25.8 Å². The molecule has 0 spiro atoms. The van der Waals surface area contributed by atoms with E-state index in [4.69, 9.17) is 14.2 Å². The van der Waals surface area contributed by atoms with Gasteiger partial charge in [-0.05, 0) is 124 Å². The van der Waals surface area contributed by atoms with Gasteiger partial charge in [0.1, 0.15) is 11.9 Å². The third-order valence-electron chi connectivity index (χ3n) is 11.8. The van der Waals surface area contributed by atoms with Gasteiger partial charge < -0.3 is 24.2 Å². The summed E-state index contributed by atoms with van der Waals surface area (Å²) in [6.07, 6.45) is 2.01. The van der Waals surface area contributed by atoms with Gasteiger partial charge in [0.05, 0.1) is 12.7 Å². The van der Waals surface area contributed by atoms with Crippen molar-refractivity contribution in [2.24, 2.45) is 23.2 Å². The number of halogens is 6. The van der Waals surface area contributed by atoms with Crippen LogP contribution in [0.2, 0.25) is 0 Å². The quantitative estimate of drug-likeness (QED) is 0.139. The molecule has 1 aromatic carbocycles. The highest BCUT2D eigenvalue weighted by Gasteiger charge is 2.60. The second kappa shape index (κ2) is 16.2. The van der Waals surface area contributed by atoms with Crippen molar-refractivity contribution in [2.45, 2.75) is 133 Å². The summed E-state index contributed by atoms with van der Waals surface area (Å²) >= 11 is 0. The molecular formula is C37H55F6NO4. The van der Waals surface area contributed by atoms with Crippen LogP contribution in [0.4, 0.5) is 26.3 Å². The minimum absolute atomic E-state index is 0.117. The van der Waals surface area contributed by atoms with Crippen LogP contribution in [0.1, 0.15) is 107 Å². The van der Waals surface area contributed by atoms with Crippen molar-refractivity contribution < 1.29 is 45.7 Å². The summed E-state index contributed by atoms with van der Waals surface area (Å²) < 4.78 is 96.3. The van der Waals surface area contributed by atoms with E-state index in [2.05, 4.69) is 24.0 Å². The third-order valence-corrected chi connectivity index (χ3v) is 11.8. The summed E-state index contributed by atoms with van der Waals surface area (Å²) in [6.45, 7) is 4.66. The van der Waals surface area contributed by atoms with E-state index in [0.717, 1.165) is 88.6 Å². The Morgan fingerprint density at radius 2 is 1.75 bits per heavy atom. The lowest BCUT2D eigenvalue weighted by Crippen LogP contribution is -2.51. The van der Waals surface area contributed by atoms with Crippen molar-refractivity contribution in [2.75, 3.05) is 40.0 Å². The molecular weight excluding hydrogens is 636 g/mol. The number of benzene rings is 1. The van der Waals surface area contributed by atoms with E-state index >= 15 is 4.39 Å². The Kier molecular flexibility index (Phi) is 12.7. The molecule has 48 heavy (non-hydrogen) atoms. The molecule has 0 amide bonds. The molecule has 1 heterocycles. The number of hydrogen-bond donors (Lipinski definition) is 1. The van der Waals surface area contributed by atoms with Crippen molar-refractivity contribution in [1.82, 2.24) is 4.90 Å². The predicted octanol–water partition coefficient (Wildman–Crippen LogP) is 8.86. The zero-order valence-electron chi connectivity index (χ0n) is 28.6. The van der Waals surface area contributed by atoms with Gasteiger partial charge >= 0.3 is 12.1 Å². The monoisotopic (exact) mass is 691 g/mol. The lowest BCUT2D eigenvalue weighted by molar-refractivity contribution is -0.285. The summed E-state index contributed by atoms with van der Waals surface area (Å²) in [7, 11) is 2.01. The van der Waals surface area contributed by atoms with Crippen LogP contribution in [-0.4, -0.2) is 80.6 Å². The highest BCUT2D eigenvalue weighted by Crippen LogP contribution is 2.63. The molecule has 4 unspecified atom stereocenters. The van der Waals surface area contributed by atoms with Crippen LogP contribution in [0.25, 0.3) is 0 Å². The molecule has 4 aliphatic rings. The van der Waals surface area contributed by atoms with Gasteiger partial charge in [-0.25, -0.2) is 4.39 Å². The number of nitrogens with zero attached hydrogens (tertiary/aromatic N) is 1. The van der Waals surface area contributed by atoms with E-state index in [9.17, 15) is 27.1 Å². The zero-order chi connectivity index (χ0) is 34.5. The third kappa shape index (κ3) is 8.83. The van der Waals surface area contributed by atoms with E-state index in [1.165, 1.54) is 5.56 Å². The van der Waals surface area contributed by atoms with Gasteiger partial charge in [0.2, 0.25) is 0 Å². The largest absolute Gasteiger partial charge is 0.465 e. The van der Waals surface area contributed by atoms with Crippen molar-refractivity contribution in [1.29, 1.82) is 0 Å². The van der Waals surface area contributed by atoms with Gasteiger partial charge in [0.25, 0.3) is 0 Å². The molecule has 2 saturated carbocycles. The Labute approximate surface area is 282 Å². The summed E-state index contributed by atoms with van der Waals surface area (Å²) in [6, 6.07) is 6.20. The minimum Gasteiger partial charge on any atom is -0.465 e. The summed E-state index contributed by atoms with van der Waals surface area (Å²) in [5.74, 6) is -3.18. The number of alkyl halides is 6. The number of aliphatic hydroxyl groups is 1. The molecule has 5 nitrogen and oxygen atoms in total. The van der Waals surface area contributed by atoms with Crippen molar-refractivity contribution in [3.63, 3.8) is 0 Å². The van der Waals surface area contributed by atoms with Crippen molar-refractivity contribution >= 4 is 0 Å². The standard InChI is InChI=1S/C37H55F6NO4/c1-35-24-30(38)34-28-13-12-27(48-32-11-5-7-21-47-32)23-26(28)22-25(33(34)29(35)14-15-31(35)45)10-4-3-6-17-44(2)18-9-20-46-19-8-16-36(39,40)37(41,42)43/h12-13,23,25,29-34,45H,3-11,14-22,24H2,1-2H3/t25?,29-,30?,31?,32?,33-,34-,35-/m0/s1. The second-order valence-electron chi connectivity index (χ2n) is 15.2. The molecule has 8 atom stereocenters. The molecule has 0 bridgehead atoms. The Morgan fingerprint density at radius 1 is 0.979 bits per heavy atom. The second-order valence-corrected chi connectivity index (χ2v) is 15.2. The number of aliphatic hydroxyl groups excluding tert-OH is 1.